The molecule has 1 saturated heterocycles. The largest absolute Gasteiger partial charge is 0.460 e. The molecule has 0 radical (unpaired) electrons. The van der Waals surface area contributed by atoms with Crippen molar-refractivity contribution < 1.29 is 19.4 Å². The molecule has 0 spiro atoms. The topological polar surface area (TPSA) is 59.1 Å². The summed E-state index contributed by atoms with van der Waals surface area (Å²) in [5.74, 6) is -0.308. The first-order valence-corrected chi connectivity index (χ1v) is 8.89. The number of aliphatic hydroxyl groups excluding tert-OH is 1. The van der Waals surface area contributed by atoms with Gasteiger partial charge >= 0.3 is 5.97 Å². The Bertz CT molecular complexity index is 366. The molecule has 22 heavy (non-hydrogen) atoms. The number of rotatable bonds is 0. The zero-order valence-corrected chi connectivity index (χ0v) is 13.7. The molecule has 0 aromatic carbocycles. The minimum Gasteiger partial charge on any atom is -0.460 e. The molecule has 2 heterocycles. The van der Waals surface area contributed by atoms with Crippen molar-refractivity contribution in [2.24, 2.45) is 0 Å². The van der Waals surface area contributed by atoms with Crippen LogP contribution in [-0.2, 0) is 14.3 Å². The summed E-state index contributed by atoms with van der Waals surface area (Å²) < 4.78 is 10.8. The van der Waals surface area contributed by atoms with E-state index < -0.39 is 6.10 Å². The monoisotopic (exact) mass is 310 g/mol. The van der Waals surface area contributed by atoms with Gasteiger partial charge in [0.1, 0.15) is 12.2 Å². The molecule has 0 unspecified atom stereocenters. The number of carbonyl (C=O) groups excluding carboxylic acids is 1. The summed E-state index contributed by atoms with van der Waals surface area (Å²) in [6.45, 7) is 1.95. The predicted molar refractivity (Wildman–Crippen MR) is 85.5 cm³/mol. The second-order valence-corrected chi connectivity index (χ2v) is 6.65. The van der Waals surface area contributed by atoms with Crippen molar-refractivity contribution >= 4 is 5.97 Å². The van der Waals surface area contributed by atoms with E-state index in [1.54, 1.807) is 6.08 Å². The molecular weight excluding hydrogens is 280 g/mol. The van der Waals surface area contributed by atoms with Crippen molar-refractivity contribution in [3.8, 4) is 0 Å². The highest BCUT2D eigenvalue weighted by Gasteiger charge is 2.42. The number of hydrogen-bond acceptors (Lipinski definition) is 4. The fraction of sp³-hybridized carbons (Fsp3) is 0.833. The number of carbonyl (C=O) groups is 1. The van der Waals surface area contributed by atoms with E-state index in [9.17, 15) is 9.90 Å². The third-order valence-electron chi connectivity index (χ3n) is 4.54. The standard InChI is InChI=1S/C18H30O4/c1-14-10-8-6-4-2-3-5-7-9-11-15(19)18-16(22-18)12-13-17(20)21-14/h12-16,18-19H,2-11H2,1H3/b13-12+/t14-,15+,16+,18-/m0/s1. The van der Waals surface area contributed by atoms with Crippen molar-refractivity contribution in [1.82, 2.24) is 0 Å². The smallest absolute Gasteiger partial charge is 0.330 e. The quantitative estimate of drug-likeness (QED) is 0.549. The van der Waals surface area contributed by atoms with Crippen molar-refractivity contribution in [1.29, 1.82) is 0 Å². The maximum absolute atomic E-state index is 11.7. The Morgan fingerprint density at radius 2 is 1.59 bits per heavy atom. The lowest BCUT2D eigenvalue weighted by atomic mass is 10.0. The van der Waals surface area contributed by atoms with Gasteiger partial charge in [0.15, 0.2) is 0 Å². The average Bonchev–Trinajstić information content (AvgIpc) is 3.25. The molecule has 4 atom stereocenters. The van der Waals surface area contributed by atoms with Crippen LogP contribution in [0.1, 0.15) is 71.1 Å². The van der Waals surface area contributed by atoms with Gasteiger partial charge in [0.05, 0.1) is 12.2 Å². The van der Waals surface area contributed by atoms with Crippen molar-refractivity contribution in [3.63, 3.8) is 0 Å². The van der Waals surface area contributed by atoms with E-state index >= 15 is 0 Å². The van der Waals surface area contributed by atoms with Crippen LogP contribution in [-0.4, -0.2) is 35.5 Å². The van der Waals surface area contributed by atoms with Crippen LogP contribution in [0.25, 0.3) is 0 Å². The van der Waals surface area contributed by atoms with Gasteiger partial charge in [-0.2, -0.15) is 0 Å². The van der Waals surface area contributed by atoms with Gasteiger partial charge in [-0.05, 0) is 32.3 Å². The Morgan fingerprint density at radius 3 is 2.27 bits per heavy atom. The van der Waals surface area contributed by atoms with E-state index in [-0.39, 0.29) is 24.3 Å². The van der Waals surface area contributed by atoms with E-state index in [4.69, 9.17) is 9.47 Å². The Labute approximate surface area is 133 Å². The van der Waals surface area contributed by atoms with Crippen LogP contribution in [0.4, 0.5) is 0 Å². The molecule has 126 valence electrons. The van der Waals surface area contributed by atoms with Gasteiger partial charge in [-0.25, -0.2) is 4.79 Å². The molecular formula is C18H30O4. The Kier molecular flexibility index (Phi) is 7.40. The van der Waals surface area contributed by atoms with Crippen LogP contribution >= 0.6 is 0 Å². The van der Waals surface area contributed by atoms with Gasteiger partial charge in [0, 0.05) is 6.08 Å². The van der Waals surface area contributed by atoms with Gasteiger partial charge in [-0.3, -0.25) is 0 Å². The zero-order valence-electron chi connectivity index (χ0n) is 13.7. The first-order chi connectivity index (χ1) is 10.7. The lowest BCUT2D eigenvalue weighted by molar-refractivity contribution is -0.142. The summed E-state index contributed by atoms with van der Waals surface area (Å²) in [5.41, 5.74) is 0. The Morgan fingerprint density at radius 1 is 1.00 bits per heavy atom. The van der Waals surface area contributed by atoms with Crippen LogP contribution < -0.4 is 0 Å². The maximum Gasteiger partial charge on any atom is 0.330 e. The minimum atomic E-state index is -0.413. The number of esters is 1. The molecule has 0 saturated carbocycles. The number of epoxide rings is 1. The number of cyclic esters (lactones) is 1. The summed E-state index contributed by atoms with van der Waals surface area (Å²) in [7, 11) is 0. The molecule has 2 rings (SSSR count). The molecule has 0 aliphatic carbocycles. The third kappa shape index (κ3) is 6.49. The van der Waals surface area contributed by atoms with Gasteiger partial charge in [-0.15, -0.1) is 0 Å². The highest BCUT2D eigenvalue weighted by Crippen LogP contribution is 2.29. The van der Waals surface area contributed by atoms with Crippen molar-refractivity contribution in [2.45, 2.75) is 95.5 Å². The van der Waals surface area contributed by atoms with Crippen LogP contribution in [0.5, 0.6) is 0 Å². The summed E-state index contributed by atoms with van der Waals surface area (Å²) in [4.78, 5) is 11.7. The molecule has 1 fully saturated rings. The highest BCUT2D eigenvalue weighted by molar-refractivity contribution is 5.82. The Hall–Kier alpha value is -0.870. The minimum absolute atomic E-state index is 0.0301. The maximum atomic E-state index is 11.7. The van der Waals surface area contributed by atoms with Crippen molar-refractivity contribution in [3.05, 3.63) is 12.2 Å². The summed E-state index contributed by atoms with van der Waals surface area (Å²) in [5, 5.41) is 10.0. The van der Waals surface area contributed by atoms with Crippen LogP contribution in [0, 0.1) is 0 Å². The van der Waals surface area contributed by atoms with E-state index in [0.29, 0.717) is 0 Å². The number of ether oxygens (including phenoxy) is 2. The SMILES string of the molecule is C[C@H]1CCCCCCCCCC[C@@H](O)[C@@H]2O[C@@H]2/C=C/C(=O)O1. The molecule has 1 N–H and O–H groups in total. The zero-order chi connectivity index (χ0) is 15.8. The first-order valence-electron chi connectivity index (χ1n) is 8.89. The number of aliphatic hydroxyl groups is 1. The molecule has 4 nitrogen and oxygen atoms in total. The molecule has 2 aliphatic rings. The molecule has 2 aliphatic heterocycles. The second-order valence-electron chi connectivity index (χ2n) is 6.65. The van der Waals surface area contributed by atoms with Gasteiger partial charge in [0.25, 0.3) is 0 Å². The Balaban J connectivity index is 1.80. The van der Waals surface area contributed by atoms with Gasteiger partial charge in [0.2, 0.25) is 0 Å². The molecule has 0 bridgehead atoms. The molecule has 0 aromatic rings. The number of fused-ring (bicyclic) bond motifs is 1. The molecule has 4 heteroatoms. The van der Waals surface area contributed by atoms with E-state index in [2.05, 4.69) is 0 Å². The van der Waals surface area contributed by atoms with E-state index in [1.807, 2.05) is 6.92 Å². The number of hydrogen-bond donors (Lipinski definition) is 1. The second kappa shape index (κ2) is 9.31. The highest BCUT2D eigenvalue weighted by atomic mass is 16.6. The van der Waals surface area contributed by atoms with Crippen LogP contribution in [0.2, 0.25) is 0 Å². The van der Waals surface area contributed by atoms with Gasteiger partial charge < -0.3 is 14.6 Å². The predicted octanol–water partition coefficient (Wildman–Crippen LogP) is 3.52. The molecule has 0 amide bonds. The normalized spacial score (nSPS) is 37.3. The fourth-order valence-electron chi connectivity index (χ4n) is 3.08. The summed E-state index contributed by atoms with van der Waals surface area (Å²) >= 11 is 0. The first kappa shape index (κ1) is 17.5. The average molecular weight is 310 g/mol. The van der Waals surface area contributed by atoms with E-state index in [0.717, 1.165) is 25.7 Å². The summed E-state index contributed by atoms with van der Waals surface area (Å²) in [6, 6.07) is 0. The van der Waals surface area contributed by atoms with Crippen LogP contribution in [0.3, 0.4) is 0 Å². The summed E-state index contributed by atoms with van der Waals surface area (Å²) in [6.07, 6.45) is 13.8. The van der Waals surface area contributed by atoms with Gasteiger partial charge in [-0.1, -0.05) is 44.9 Å². The van der Waals surface area contributed by atoms with Crippen LogP contribution in [0.15, 0.2) is 12.2 Å². The lowest BCUT2D eigenvalue weighted by Crippen LogP contribution is -2.16. The molecule has 0 aromatic heterocycles. The van der Waals surface area contributed by atoms with E-state index in [1.165, 1.54) is 44.6 Å². The fourth-order valence-corrected chi connectivity index (χ4v) is 3.08. The lowest BCUT2D eigenvalue weighted by Gasteiger charge is -2.11. The van der Waals surface area contributed by atoms with Crippen molar-refractivity contribution in [2.75, 3.05) is 0 Å². The third-order valence-corrected chi connectivity index (χ3v) is 4.54.